The predicted molar refractivity (Wildman–Crippen MR) is 113 cm³/mol. The smallest absolute Gasteiger partial charge is 0.238 e. The average Bonchev–Trinajstić information content (AvgIpc) is 2.97. The number of nitrogens with zero attached hydrogens (tertiary/aromatic N) is 3. The van der Waals surface area contributed by atoms with Gasteiger partial charge in [0, 0.05) is 50.0 Å². The van der Waals surface area contributed by atoms with Crippen LogP contribution in [0.5, 0.6) is 0 Å². The number of nitrogens with one attached hydrogen (secondary N) is 1. The molecule has 2 aliphatic rings. The van der Waals surface area contributed by atoms with Gasteiger partial charge < -0.3 is 10.2 Å². The lowest BCUT2D eigenvalue weighted by Gasteiger charge is -2.35. The van der Waals surface area contributed by atoms with Gasteiger partial charge in [0.15, 0.2) is 0 Å². The lowest BCUT2D eigenvalue weighted by molar-refractivity contribution is -0.133. The summed E-state index contributed by atoms with van der Waals surface area (Å²) in [7, 11) is 0. The minimum absolute atomic E-state index is 0.0283. The lowest BCUT2D eigenvalue weighted by atomic mass is 10.2. The molecule has 2 amide bonds. The number of anilines is 1. The minimum atomic E-state index is -0.0283. The Balaban J connectivity index is 1.40. The Bertz CT molecular complexity index is 681. The Morgan fingerprint density at radius 3 is 2.18 bits per heavy atom. The SMILES string of the molecule is Cc1c(Cl)cccc1NC(=O)CN1CCN(CC(=O)N2CCCCCC2)CC1. The number of likely N-dealkylation sites (tertiary alicyclic amines) is 1. The summed E-state index contributed by atoms with van der Waals surface area (Å²) in [6, 6.07) is 5.52. The number of rotatable bonds is 5. The first-order valence-electron chi connectivity index (χ1n) is 10.3. The molecule has 0 radical (unpaired) electrons. The van der Waals surface area contributed by atoms with Gasteiger partial charge in [0.1, 0.15) is 0 Å². The Hall–Kier alpha value is -1.63. The molecule has 3 rings (SSSR count). The number of carbonyl (C=O) groups is 2. The third-order valence-corrected chi connectivity index (χ3v) is 6.10. The molecular formula is C21H31ClN4O2. The van der Waals surface area contributed by atoms with Crippen molar-refractivity contribution >= 4 is 29.1 Å². The quantitative estimate of drug-likeness (QED) is 0.816. The number of hydrogen-bond acceptors (Lipinski definition) is 4. The number of benzene rings is 1. The van der Waals surface area contributed by atoms with E-state index in [9.17, 15) is 9.59 Å². The molecule has 0 atom stereocenters. The third-order valence-electron chi connectivity index (χ3n) is 5.69. The van der Waals surface area contributed by atoms with Crippen LogP contribution in [-0.2, 0) is 9.59 Å². The topological polar surface area (TPSA) is 55.9 Å². The van der Waals surface area contributed by atoms with E-state index in [2.05, 4.69) is 15.1 Å². The van der Waals surface area contributed by atoms with Gasteiger partial charge in [-0.25, -0.2) is 0 Å². The van der Waals surface area contributed by atoms with Gasteiger partial charge in [0.05, 0.1) is 13.1 Å². The van der Waals surface area contributed by atoms with E-state index in [1.54, 1.807) is 0 Å². The van der Waals surface area contributed by atoms with Crippen LogP contribution in [0.25, 0.3) is 0 Å². The summed E-state index contributed by atoms with van der Waals surface area (Å²) in [6.07, 6.45) is 4.72. The molecule has 0 aliphatic carbocycles. The van der Waals surface area contributed by atoms with Gasteiger partial charge in [0.25, 0.3) is 0 Å². The fraction of sp³-hybridized carbons (Fsp3) is 0.619. The van der Waals surface area contributed by atoms with Crippen molar-refractivity contribution in [2.24, 2.45) is 0 Å². The van der Waals surface area contributed by atoms with E-state index in [-0.39, 0.29) is 11.8 Å². The molecule has 7 heteroatoms. The Morgan fingerprint density at radius 2 is 1.54 bits per heavy atom. The van der Waals surface area contributed by atoms with Crippen LogP contribution >= 0.6 is 11.6 Å². The fourth-order valence-electron chi connectivity index (χ4n) is 3.85. The maximum absolute atomic E-state index is 12.5. The van der Waals surface area contributed by atoms with Crippen LogP contribution in [0.2, 0.25) is 5.02 Å². The number of hydrogen-bond donors (Lipinski definition) is 1. The first-order valence-corrected chi connectivity index (χ1v) is 10.7. The van der Waals surface area contributed by atoms with Crippen molar-refractivity contribution in [1.29, 1.82) is 0 Å². The predicted octanol–water partition coefficient (Wildman–Crippen LogP) is 2.61. The van der Waals surface area contributed by atoms with Crippen LogP contribution in [0, 0.1) is 6.92 Å². The molecule has 0 saturated carbocycles. The summed E-state index contributed by atoms with van der Waals surface area (Å²) in [4.78, 5) is 31.3. The van der Waals surface area contributed by atoms with Gasteiger partial charge in [-0.15, -0.1) is 0 Å². The molecule has 1 N–H and O–H groups in total. The largest absolute Gasteiger partial charge is 0.342 e. The summed E-state index contributed by atoms with van der Waals surface area (Å²) in [5, 5.41) is 3.60. The van der Waals surface area contributed by atoms with Gasteiger partial charge in [-0.05, 0) is 37.5 Å². The van der Waals surface area contributed by atoms with Crippen molar-refractivity contribution in [1.82, 2.24) is 14.7 Å². The summed E-state index contributed by atoms with van der Waals surface area (Å²) >= 11 is 6.11. The van der Waals surface area contributed by atoms with Crippen molar-refractivity contribution < 1.29 is 9.59 Å². The molecule has 2 saturated heterocycles. The second kappa shape index (κ2) is 10.2. The Kier molecular flexibility index (Phi) is 7.71. The van der Waals surface area contributed by atoms with Crippen molar-refractivity contribution in [2.45, 2.75) is 32.6 Å². The summed E-state index contributed by atoms with van der Waals surface area (Å²) in [6.45, 7) is 7.82. The summed E-state index contributed by atoms with van der Waals surface area (Å²) in [5.74, 6) is 0.226. The molecule has 2 fully saturated rings. The van der Waals surface area contributed by atoms with Gasteiger partial charge in [-0.3, -0.25) is 19.4 Å². The van der Waals surface area contributed by atoms with Crippen molar-refractivity contribution in [3.8, 4) is 0 Å². The standard InChI is InChI=1S/C21H31ClN4O2/c1-17-18(22)7-6-8-19(17)23-20(27)15-24-11-13-25(14-12-24)16-21(28)26-9-4-2-3-5-10-26/h6-8H,2-5,9-16H2,1H3,(H,23,27). The Labute approximate surface area is 172 Å². The van der Waals surface area contributed by atoms with Crippen LogP contribution in [-0.4, -0.2) is 78.9 Å². The molecule has 154 valence electrons. The molecule has 1 aromatic carbocycles. The number of carbonyl (C=O) groups excluding carboxylic acids is 2. The van der Waals surface area contributed by atoms with Gasteiger partial charge in [0.2, 0.25) is 11.8 Å². The molecule has 0 spiro atoms. The first kappa shape index (κ1) is 21.1. The van der Waals surface area contributed by atoms with Crippen molar-refractivity contribution in [3.63, 3.8) is 0 Å². The zero-order valence-corrected chi connectivity index (χ0v) is 17.5. The van der Waals surface area contributed by atoms with E-state index in [0.717, 1.165) is 63.4 Å². The second-order valence-corrected chi connectivity index (χ2v) is 8.22. The maximum atomic E-state index is 12.5. The monoisotopic (exact) mass is 406 g/mol. The van der Waals surface area contributed by atoms with Crippen LogP contribution in [0.4, 0.5) is 5.69 Å². The highest BCUT2D eigenvalue weighted by Crippen LogP contribution is 2.22. The van der Waals surface area contributed by atoms with E-state index in [0.29, 0.717) is 18.1 Å². The second-order valence-electron chi connectivity index (χ2n) is 7.81. The molecule has 0 aromatic heterocycles. The minimum Gasteiger partial charge on any atom is -0.342 e. The zero-order chi connectivity index (χ0) is 19.9. The highest BCUT2D eigenvalue weighted by Gasteiger charge is 2.23. The summed E-state index contributed by atoms with van der Waals surface area (Å²) < 4.78 is 0. The highest BCUT2D eigenvalue weighted by atomic mass is 35.5. The lowest BCUT2D eigenvalue weighted by Crippen LogP contribution is -2.51. The maximum Gasteiger partial charge on any atom is 0.238 e. The van der Waals surface area contributed by atoms with E-state index < -0.39 is 0 Å². The summed E-state index contributed by atoms with van der Waals surface area (Å²) in [5.41, 5.74) is 1.65. The average molecular weight is 407 g/mol. The molecule has 2 aliphatic heterocycles. The third kappa shape index (κ3) is 5.93. The number of piperazine rings is 1. The van der Waals surface area contributed by atoms with E-state index in [4.69, 9.17) is 11.6 Å². The van der Waals surface area contributed by atoms with Crippen LogP contribution in [0.1, 0.15) is 31.2 Å². The highest BCUT2D eigenvalue weighted by molar-refractivity contribution is 6.31. The van der Waals surface area contributed by atoms with Crippen LogP contribution in [0.3, 0.4) is 0 Å². The molecule has 2 heterocycles. The zero-order valence-electron chi connectivity index (χ0n) is 16.8. The van der Waals surface area contributed by atoms with Gasteiger partial charge in [-0.1, -0.05) is 30.5 Å². The van der Waals surface area contributed by atoms with Crippen LogP contribution < -0.4 is 5.32 Å². The number of amides is 2. The van der Waals surface area contributed by atoms with Gasteiger partial charge in [-0.2, -0.15) is 0 Å². The van der Waals surface area contributed by atoms with E-state index in [1.165, 1.54) is 12.8 Å². The molecule has 0 unspecified atom stereocenters. The molecule has 1 aromatic rings. The fourth-order valence-corrected chi connectivity index (χ4v) is 4.03. The van der Waals surface area contributed by atoms with Crippen molar-refractivity contribution in [3.05, 3.63) is 28.8 Å². The van der Waals surface area contributed by atoms with E-state index >= 15 is 0 Å². The van der Waals surface area contributed by atoms with Crippen molar-refractivity contribution in [2.75, 3.05) is 57.7 Å². The van der Waals surface area contributed by atoms with Gasteiger partial charge >= 0.3 is 0 Å². The molecule has 6 nitrogen and oxygen atoms in total. The normalized spacial score (nSPS) is 19.3. The number of halogens is 1. The van der Waals surface area contributed by atoms with Crippen LogP contribution in [0.15, 0.2) is 18.2 Å². The first-order chi connectivity index (χ1) is 13.5. The Morgan fingerprint density at radius 1 is 0.929 bits per heavy atom. The molecule has 28 heavy (non-hydrogen) atoms. The van der Waals surface area contributed by atoms with E-state index in [1.807, 2.05) is 30.0 Å². The molecular weight excluding hydrogens is 376 g/mol. The molecule has 0 bridgehead atoms.